The van der Waals surface area contributed by atoms with Gasteiger partial charge in [-0.2, -0.15) is 0 Å². The molecule has 0 saturated heterocycles. The molecule has 0 aliphatic rings. The van der Waals surface area contributed by atoms with Gasteiger partial charge < -0.3 is 24.8 Å². The SMILES string of the molecule is CC(C)(C)c1ccc(-c2cccc3[cH-]c(-c4ccccn4)cc23)cc1.CC(C)(C)c1ccc(-c2cccc3[cH-]c(-c4ccccn4)cc23)cc1.[Cl-].[Cl-].[Ti+4]. The van der Waals surface area contributed by atoms with Crippen molar-refractivity contribution in [3.05, 3.63) is 169 Å². The predicted octanol–water partition coefficient (Wildman–Crippen LogP) is 7.18. The molecule has 0 bridgehead atoms. The first-order chi connectivity index (χ1) is 24.0. The van der Waals surface area contributed by atoms with Crippen LogP contribution < -0.4 is 24.8 Å². The second-order valence-electron chi connectivity index (χ2n) is 15.2. The molecule has 0 unspecified atom stereocenters. The van der Waals surface area contributed by atoms with Crippen molar-refractivity contribution in [2.75, 3.05) is 0 Å². The zero-order valence-corrected chi connectivity index (χ0v) is 34.2. The van der Waals surface area contributed by atoms with E-state index in [-0.39, 0.29) is 57.4 Å². The minimum atomic E-state index is 0. The van der Waals surface area contributed by atoms with E-state index in [4.69, 9.17) is 0 Å². The molecule has 8 rings (SSSR count). The fourth-order valence-electron chi connectivity index (χ4n) is 6.64. The molecule has 8 aromatic rings. The van der Waals surface area contributed by atoms with E-state index in [9.17, 15) is 0 Å². The van der Waals surface area contributed by atoms with Gasteiger partial charge in [0, 0.05) is 23.8 Å². The number of hydrogen-bond acceptors (Lipinski definition) is 2. The number of nitrogens with zero attached hydrogens (tertiary/aromatic N) is 2. The average molecular weight is 768 g/mol. The molecule has 0 radical (unpaired) electrons. The fourth-order valence-corrected chi connectivity index (χ4v) is 6.64. The van der Waals surface area contributed by atoms with Crippen molar-refractivity contribution in [1.82, 2.24) is 9.97 Å². The summed E-state index contributed by atoms with van der Waals surface area (Å²) in [5.41, 5.74) is 12.5. The van der Waals surface area contributed by atoms with Crippen LogP contribution in [0.5, 0.6) is 0 Å². The van der Waals surface area contributed by atoms with E-state index in [0.717, 1.165) is 11.4 Å². The van der Waals surface area contributed by atoms with Crippen LogP contribution in [0.15, 0.2) is 158 Å². The van der Waals surface area contributed by atoms with Gasteiger partial charge >= 0.3 is 21.7 Å². The van der Waals surface area contributed by atoms with Crippen molar-refractivity contribution < 1.29 is 46.5 Å². The normalized spacial score (nSPS) is 11.1. The Kier molecular flexibility index (Phi) is 13.5. The molecule has 0 fully saturated rings. The van der Waals surface area contributed by atoms with Gasteiger partial charge in [0.05, 0.1) is 0 Å². The first-order valence-corrected chi connectivity index (χ1v) is 17.5. The summed E-state index contributed by atoms with van der Waals surface area (Å²) in [5.74, 6) is 0. The van der Waals surface area contributed by atoms with Crippen LogP contribution in [-0.2, 0) is 32.5 Å². The minimum Gasteiger partial charge on any atom is -1.00 e. The van der Waals surface area contributed by atoms with E-state index in [0.29, 0.717) is 0 Å². The molecule has 5 heteroatoms. The van der Waals surface area contributed by atoms with Gasteiger partial charge in [-0.05, 0) is 45.2 Å². The Bertz CT molecular complexity index is 2190. The molecular weight excluding hydrogens is 723 g/mol. The van der Waals surface area contributed by atoms with Crippen LogP contribution in [0.3, 0.4) is 0 Å². The number of pyridine rings is 2. The van der Waals surface area contributed by atoms with Gasteiger partial charge in [0.2, 0.25) is 0 Å². The molecular formula is C48H44Cl2N2Ti. The predicted molar refractivity (Wildman–Crippen MR) is 214 cm³/mol. The second kappa shape index (κ2) is 17.2. The molecule has 0 aliphatic carbocycles. The summed E-state index contributed by atoms with van der Waals surface area (Å²) in [7, 11) is 0. The Hall–Kier alpha value is -4.31. The number of fused-ring (bicyclic) bond motifs is 2. The molecule has 2 nitrogen and oxygen atoms in total. The number of benzene rings is 4. The largest absolute Gasteiger partial charge is 4.00 e. The van der Waals surface area contributed by atoms with Crippen molar-refractivity contribution in [3.8, 4) is 44.8 Å². The average Bonchev–Trinajstić information content (AvgIpc) is 3.77. The van der Waals surface area contributed by atoms with Gasteiger partial charge in [-0.15, -0.1) is 69.1 Å². The van der Waals surface area contributed by atoms with E-state index in [1.165, 1.54) is 66.1 Å². The summed E-state index contributed by atoms with van der Waals surface area (Å²) in [4.78, 5) is 8.97. The number of hydrogen-bond donors (Lipinski definition) is 0. The Morgan fingerprint density at radius 2 is 0.811 bits per heavy atom. The molecule has 0 spiro atoms. The maximum atomic E-state index is 4.49. The molecule has 53 heavy (non-hydrogen) atoms. The molecule has 0 aliphatic heterocycles. The van der Waals surface area contributed by atoms with Crippen LogP contribution in [-0.4, -0.2) is 9.97 Å². The van der Waals surface area contributed by atoms with Gasteiger partial charge in [0.25, 0.3) is 0 Å². The smallest absolute Gasteiger partial charge is 1.00 e. The fraction of sp³-hybridized carbons (Fsp3) is 0.167. The zero-order chi connectivity index (χ0) is 34.9. The van der Waals surface area contributed by atoms with Gasteiger partial charge in [0.1, 0.15) is 0 Å². The second-order valence-corrected chi connectivity index (χ2v) is 15.2. The van der Waals surface area contributed by atoms with Crippen LogP contribution in [0.2, 0.25) is 0 Å². The van der Waals surface area contributed by atoms with E-state index < -0.39 is 0 Å². The van der Waals surface area contributed by atoms with Crippen LogP contribution in [0.1, 0.15) is 52.7 Å². The number of halogens is 2. The Labute approximate surface area is 342 Å². The van der Waals surface area contributed by atoms with E-state index in [1.54, 1.807) is 0 Å². The van der Waals surface area contributed by atoms with Gasteiger partial charge in [-0.25, -0.2) is 0 Å². The van der Waals surface area contributed by atoms with E-state index in [2.05, 4.69) is 173 Å². The van der Waals surface area contributed by atoms with Gasteiger partial charge in [-0.3, -0.25) is 9.97 Å². The van der Waals surface area contributed by atoms with Crippen LogP contribution in [0.25, 0.3) is 66.3 Å². The monoisotopic (exact) mass is 766 g/mol. The summed E-state index contributed by atoms with van der Waals surface area (Å²) in [6.45, 7) is 13.5. The molecule has 264 valence electrons. The molecule has 0 saturated carbocycles. The van der Waals surface area contributed by atoms with Crippen molar-refractivity contribution in [2.24, 2.45) is 0 Å². The first-order valence-electron chi connectivity index (χ1n) is 17.5. The van der Waals surface area contributed by atoms with Crippen molar-refractivity contribution in [3.63, 3.8) is 0 Å². The summed E-state index contributed by atoms with van der Waals surface area (Å²) in [6.07, 6.45) is 3.69. The van der Waals surface area contributed by atoms with Crippen LogP contribution in [0.4, 0.5) is 0 Å². The Balaban J connectivity index is 0.000000224. The van der Waals surface area contributed by atoms with Crippen LogP contribution in [0, 0.1) is 0 Å². The van der Waals surface area contributed by atoms with E-state index in [1.807, 2.05) is 36.7 Å². The summed E-state index contributed by atoms with van der Waals surface area (Å²) < 4.78 is 0. The first kappa shape index (κ1) is 41.5. The van der Waals surface area contributed by atoms with Crippen LogP contribution >= 0.6 is 0 Å². The molecule has 0 atom stereocenters. The third-order valence-electron chi connectivity index (χ3n) is 9.55. The Morgan fingerprint density at radius 3 is 1.13 bits per heavy atom. The third-order valence-corrected chi connectivity index (χ3v) is 9.55. The summed E-state index contributed by atoms with van der Waals surface area (Å²) in [5, 5.41) is 5.09. The molecule has 0 amide bonds. The minimum absolute atomic E-state index is 0. The van der Waals surface area contributed by atoms with Crippen molar-refractivity contribution in [2.45, 2.75) is 52.4 Å². The zero-order valence-electron chi connectivity index (χ0n) is 31.2. The van der Waals surface area contributed by atoms with Gasteiger partial charge in [0.15, 0.2) is 0 Å². The molecule has 2 heterocycles. The Morgan fingerprint density at radius 1 is 0.434 bits per heavy atom. The number of aromatic nitrogens is 2. The van der Waals surface area contributed by atoms with Gasteiger partial charge in [-0.1, -0.05) is 150 Å². The standard InChI is InChI=1S/2C24H22N.2ClH.Ti/c2*1-24(2,3)20-12-10-17(11-13-20)21-8-6-7-18-15-19(16-22(18)21)23-9-4-5-14-25-23;;;/h2*4-16H,1-3H3;2*1H;/q2*-1;;;+4/p-2. The molecule has 6 aromatic carbocycles. The van der Waals surface area contributed by atoms with Crippen molar-refractivity contribution in [1.29, 1.82) is 0 Å². The maximum Gasteiger partial charge on any atom is 4.00 e. The molecule has 0 N–H and O–H groups in total. The van der Waals surface area contributed by atoms with E-state index >= 15 is 0 Å². The van der Waals surface area contributed by atoms with Crippen molar-refractivity contribution >= 4 is 21.5 Å². The maximum absolute atomic E-state index is 4.49. The summed E-state index contributed by atoms with van der Waals surface area (Å²) in [6, 6.07) is 52.0. The molecule has 2 aromatic heterocycles. The quantitative estimate of drug-likeness (QED) is 0.140. The summed E-state index contributed by atoms with van der Waals surface area (Å²) >= 11 is 0. The third kappa shape index (κ3) is 9.26. The number of rotatable bonds is 4. The topological polar surface area (TPSA) is 25.8 Å².